The second kappa shape index (κ2) is 6.74. The molecule has 0 bridgehead atoms. The van der Waals surface area contributed by atoms with Crippen LogP contribution < -0.4 is 0 Å². The zero-order valence-corrected chi connectivity index (χ0v) is 14.5. The number of rotatable bonds is 3. The maximum absolute atomic E-state index is 9.64. The van der Waals surface area contributed by atoms with Crippen LogP contribution in [0.5, 0.6) is 0 Å². The van der Waals surface area contributed by atoms with Gasteiger partial charge >= 0.3 is 7.05 Å². The Morgan fingerprint density at radius 3 is 2.48 bits per heavy atom. The van der Waals surface area contributed by atoms with Crippen LogP contribution in [0.3, 0.4) is 0 Å². The molecule has 1 N–H and O–H groups in total. The first-order valence-corrected chi connectivity index (χ1v) is 9.08. The summed E-state index contributed by atoms with van der Waals surface area (Å²) in [5.74, 6) is 0. The minimum absolute atomic E-state index is 0.315. The molecule has 1 heterocycles. The lowest BCUT2D eigenvalue weighted by Gasteiger charge is -2.32. The first kappa shape index (κ1) is 15.4. The largest absolute Gasteiger partial charge is 0.437 e. The van der Waals surface area contributed by atoms with E-state index in [1.165, 1.54) is 15.7 Å². The van der Waals surface area contributed by atoms with Crippen LogP contribution in [0, 0.1) is 0 Å². The summed E-state index contributed by atoms with van der Waals surface area (Å²) in [5.41, 5.74) is 0. The summed E-state index contributed by atoms with van der Waals surface area (Å²) in [6, 6.07) is 12.9. The second-order valence-electron chi connectivity index (χ2n) is 5.58. The van der Waals surface area contributed by atoms with Gasteiger partial charge in [-0.05, 0) is 55.7 Å². The molecule has 1 aliphatic rings. The molecule has 0 unspecified atom stereocenters. The van der Waals surface area contributed by atoms with Crippen LogP contribution in [0.1, 0.15) is 12.8 Å². The van der Waals surface area contributed by atoms with E-state index in [0.29, 0.717) is 5.25 Å². The molecule has 1 aliphatic heterocycles. The quantitative estimate of drug-likeness (QED) is 0.823. The topological polar surface area (TPSA) is 23.5 Å². The fraction of sp³-hybridized carbons (Fsp3) is 0.375. The van der Waals surface area contributed by atoms with Gasteiger partial charge in [0.1, 0.15) is 0 Å². The van der Waals surface area contributed by atoms with E-state index in [0.717, 1.165) is 30.4 Å². The zero-order valence-electron chi connectivity index (χ0n) is 12.1. The van der Waals surface area contributed by atoms with Crippen molar-refractivity contribution < 1.29 is 5.02 Å². The van der Waals surface area contributed by atoms with Crippen LogP contribution in [0.15, 0.2) is 45.8 Å². The van der Waals surface area contributed by atoms with Crippen molar-refractivity contribution in [3.8, 4) is 0 Å². The molecular weight excluding hydrogens is 345 g/mol. The van der Waals surface area contributed by atoms with E-state index in [9.17, 15) is 5.02 Å². The third kappa shape index (κ3) is 3.47. The van der Waals surface area contributed by atoms with Crippen molar-refractivity contribution in [2.45, 2.75) is 29.8 Å². The molecule has 2 aromatic carbocycles. The number of benzene rings is 2. The number of hydrogen-bond donors (Lipinski definition) is 1. The number of hydrogen-bond acceptors (Lipinski definition) is 3. The molecule has 21 heavy (non-hydrogen) atoms. The van der Waals surface area contributed by atoms with E-state index >= 15 is 0 Å². The summed E-state index contributed by atoms with van der Waals surface area (Å²) < 4.78 is 1.16. The van der Waals surface area contributed by atoms with Gasteiger partial charge in [0.25, 0.3) is 0 Å². The standard InChI is InChI=1S/C16H19BBrNOS/c1-17(20)19-10-8-12(9-11-19)21-16-7-6-15(18)13-4-2-3-5-14(13)16/h2-7,12,20H,8-11H2,1H3. The summed E-state index contributed by atoms with van der Waals surface area (Å²) in [4.78, 5) is 3.51. The fourth-order valence-corrected chi connectivity index (χ4v) is 4.62. The zero-order chi connectivity index (χ0) is 14.8. The second-order valence-corrected chi connectivity index (χ2v) is 7.77. The molecule has 3 rings (SSSR count). The normalized spacial score (nSPS) is 17.3. The molecule has 1 saturated heterocycles. The van der Waals surface area contributed by atoms with Crippen LogP contribution >= 0.6 is 27.7 Å². The van der Waals surface area contributed by atoms with Crippen LogP contribution in [-0.2, 0) is 0 Å². The summed E-state index contributed by atoms with van der Waals surface area (Å²) in [6.07, 6.45) is 2.28. The van der Waals surface area contributed by atoms with Crippen molar-refractivity contribution in [2.24, 2.45) is 0 Å². The van der Waals surface area contributed by atoms with Crippen molar-refractivity contribution in [1.29, 1.82) is 0 Å². The van der Waals surface area contributed by atoms with E-state index in [-0.39, 0.29) is 7.05 Å². The third-order valence-electron chi connectivity index (χ3n) is 4.13. The van der Waals surface area contributed by atoms with Crippen molar-refractivity contribution in [3.05, 3.63) is 40.9 Å². The molecule has 5 heteroatoms. The molecular formula is C16H19BBrNOS. The summed E-state index contributed by atoms with van der Waals surface area (Å²) in [5, 5.41) is 12.9. The lowest BCUT2D eigenvalue weighted by molar-refractivity contribution is 0.316. The molecule has 0 saturated carbocycles. The van der Waals surface area contributed by atoms with E-state index in [1.54, 1.807) is 0 Å². The fourth-order valence-electron chi connectivity index (χ4n) is 2.88. The van der Waals surface area contributed by atoms with Crippen molar-refractivity contribution in [2.75, 3.05) is 13.1 Å². The Kier molecular flexibility index (Phi) is 4.94. The monoisotopic (exact) mass is 363 g/mol. The highest BCUT2D eigenvalue weighted by Gasteiger charge is 2.24. The summed E-state index contributed by atoms with van der Waals surface area (Å²) in [6.45, 7) is 3.84. The van der Waals surface area contributed by atoms with E-state index in [4.69, 9.17) is 0 Å². The maximum Gasteiger partial charge on any atom is 0.376 e. The van der Waals surface area contributed by atoms with Crippen molar-refractivity contribution in [1.82, 2.24) is 4.81 Å². The Hall–Kier alpha value is -0.485. The van der Waals surface area contributed by atoms with Crippen LogP contribution in [-0.4, -0.2) is 35.2 Å². The highest BCUT2D eigenvalue weighted by atomic mass is 79.9. The molecule has 0 spiro atoms. The minimum atomic E-state index is -0.315. The maximum atomic E-state index is 9.64. The van der Waals surface area contributed by atoms with Crippen LogP contribution in [0.25, 0.3) is 10.8 Å². The highest BCUT2D eigenvalue weighted by molar-refractivity contribution is 9.10. The Morgan fingerprint density at radius 1 is 1.14 bits per heavy atom. The van der Waals surface area contributed by atoms with Crippen molar-refractivity contribution in [3.63, 3.8) is 0 Å². The van der Waals surface area contributed by atoms with Crippen LogP contribution in [0.2, 0.25) is 6.82 Å². The van der Waals surface area contributed by atoms with Gasteiger partial charge in [0, 0.05) is 14.6 Å². The highest BCUT2D eigenvalue weighted by Crippen LogP contribution is 2.37. The van der Waals surface area contributed by atoms with Gasteiger partial charge in [-0.2, -0.15) is 0 Å². The van der Waals surface area contributed by atoms with E-state index in [1.807, 2.05) is 18.6 Å². The molecule has 0 atom stereocenters. The van der Waals surface area contributed by atoms with Crippen molar-refractivity contribution >= 4 is 45.5 Å². The van der Waals surface area contributed by atoms with E-state index in [2.05, 4.69) is 57.1 Å². The number of thioether (sulfide) groups is 1. The number of piperidine rings is 1. The SMILES string of the molecule is CB(O)N1CCC(Sc2ccc(Br)c3ccccc23)CC1. The van der Waals surface area contributed by atoms with Gasteiger partial charge in [0.15, 0.2) is 0 Å². The molecule has 0 aromatic heterocycles. The average Bonchev–Trinajstić information content (AvgIpc) is 2.51. The first-order valence-electron chi connectivity index (χ1n) is 7.41. The molecule has 2 aromatic rings. The number of fused-ring (bicyclic) bond motifs is 1. The number of nitrogens with zero attached hydrogens (tertiary/aromatic N) is 1. The summed E-state index contributed by atoms with van der Waals surface area (Å²) >= 11 is 5.62. The molecule has 2 nitrogen and oxygen atoms in total. The van der Waals surface area contributed by atoms with Gasteiger partial charge in [-0.15, -0.1) is 11.8 Å². The Bertz CT molecular complexity index is 629. The van der Waals surface area contributed by atoms with Gasteiger partial charge in [-0.3, -0.25) is 0 Å². The smallest absolute Gasteiger partial charge is 0.376 e. The molecule has 0 radical (unpaired) electrons. The first-order chi connectivity index (χ1) is 10.1. The Labute approximate surface area is 139 Å². The Morgan fingerprint density at radius 2 is 1.81 bits per heavy atom. The number of halogens is 1. The lowest BCUT2D eigenvalue weighted by Crippen LogP contribution is -2.43. The third-order valence-corrected chi connectivity index (χ3v) is 6.24. The molecule has 110 valence electrons. The lowest BCUT2D eigenvalue weighted by atomic mass is 9.83. The van der Waals surface area contributed by atoms with Crippen LogP contribution in [0.4, 0.5) is 0 Å². The minimum Gasteiger partial charge on any atom is -0.437 e. The summed E-state index contributed by atoms with van der Waals surface area (Å²) in [7, 11) is -0.315. The van der Waals surface area contributed by atoms with Gasteiger partial charge in [-0.25, -0.2) is 0 Å². The Balaban J connectivity index is 1.76. The predicted octanol–water partition coefficient (Wildman–Crippen LogP) is 4.27. The van der Waals surface area contributed by atoms with Gasteiger partial charge in [0.05, 0.1) is 0 Å². The van der Waals surface area contributed by atoms with E-state index < -0.39 is 0 Å². The molecule has 0 amide bonds. The average molecular weight is 364 g/mol. The molecule has 0 aliphatic carbocycles. The molecule has 1 fully saturated rings. The predicted molar refractivity (Wildman–Crippen MR) is 95.9 cm³/mol. The van der Waals surface area contributed by atoms with Gasteiger partial charge in [0.2, 0.25) is 0 Å². The van der Waals surface area contributed by atoms with Gasteiger partial charge in [-0.1, -0.05) is 40.2 Å². The van der Waals surface area contributed by atoms with Gasteiger partial charge < -0.3 is 9.83 Å².